The van der Waals surface area contributed by atoms with E-state index in [0.29, 0.717) is 25.6 Å². The van der Waals surface area contributed by atoms with Crippen LogP contribution in [0.1, 0.15) is 5.56 Å². The van der Waals surface area contributed by atoms with Crippen LogP contribution < -0.4 is 10.6 Å². The van der Waals surface area contributed by atoms with Gasteiger partial charge in [0.05, 0.1) is 13.2 Å². The van der Waals surface area contributed by atoms with E-state index in [1.54, 1.807) is 12.4 Å². The second-order valence-corrected chi connectivity index (χ2v) is 3.89. The van der Waals surface area contributed by atoms with Gasteiger partial charge in [-0.2, -0.15) is 0 Å². The molecule has 7 nitrogen and oxygen atoms in total. The number of hydrogen-bond donors (Lipinski definition) is 2. The van der Waals surface area contributed by atoms with Crippen LogP contribution in [0, 0.1) is 6.92 Å². The molecule has 7 heteroatoms. The number of nitrogens with two attached hydrogens (primary N) is 1. The number of oxime groups is 1. The lowest BCUT2D eigenvalue weighted by molar-refractivity contribution is 0.0800. The van der Waals surface area contributed by atoms with E-state index >= 15 is 0 Å². The summed E-state index contributed by atoms with van der Waals surface area (Å²) in [4.78, 5) is 10.4. The number of amidine groups is 1. The van der Waals surface area contributed by atoms with Crippen LogP contribution in [-0.4, -0.2) is 46.8 Å². The molecule has 1 aromatic rings. The lowest BCUT2D eigenvalue weighted by Crippen LogP contribution is -2.49. The Morgan fingerprint density at radius 3 is 2.94 bits per heavy atom. The predicted molar refractivity (Wildman–Crippen MR) is 62.1 cm³/mol. The molecule has 0 spiro atoms. The maximum atomic E-state index is 8.61. The van der Waals surface area contributed by atoms with Gasteiger partial charge in [0.25, 0.3) is 0 Å². The molecule has 1 atom stereocenters. The Bertz CT molecular complexity index is 406. The minimum absolute atomic E-state index is 0.0711. The van der Waals surface area contributed by atoms with E-state index in [1.807, 2.05) is 11.8 Å². The first kappa shape index (κ1) is 11.6. The van der Waals surface area contributed by atoms with Gasteiger partial charge in [0.1, 0.15) is 6.10 Å². The molecule has 2 rings (SSSR count). The van der Waals surface area contributed by atoms with Crippen molar-refractivity contribution in [2.45, 2.75) is 13.0 Å². The molecule has 0 saturated carbocycles. The molecule has 0 radical (unpaired) electrons. The third kappa shape index (κ3) is 2.62. The van der Waals surface area contributed by atoms with Crippen molar-refractivity contribution < 1.29 is 9.94 Å². The van der Waals surface area contributed by atoms with Gasteiger partial charge >= 0.3 is 0 Å². The highest BCUT2D eigenvalue weighted by atomic mass is 16.5. The molecule has 3 N–H and O–H groups in total. The van der Waals surface area contributed by atoms with Gasteiger partial charge in [-0.05, 0) is 12.5 Å². The molecule has 1 fully saturated rings. The number of ether oxygens (including phenoxy) is 1. The zero-order chi connectivity index (χ0) is 12.3. The fourth-order valence-electron chi connectivity index (χ4n) is 1.62. The lowest BCUT2D eigenvalue weighted by Gasteiger charge is -2.32. The van der Waals surface area contributed by atoms with Crippen LogP contribution in [0.25, 0.3) is 0 Å². The van der Waals surface area contributed by atoms with E-state index in [9.17, 15) is 0 Å². The molecule has 0 bridgehead atoms. The molecule has 1 aliphatic rings. The lowest BCUT2D eigenvalue weighted by atomic mass is 10.2. The average molecular weight is 237 g/mol. The van der Waals surface area contributed by atoms with Crippen LogP contribution in [0.15, 0.2) is 17.5 Å². The first-order valence-corrected chi connectivity index (χ1v) is 5.33. The number of aryl methyl sites for hydroxylation is 1. The van der Waals surface area contributed by atoms with Gasteiger partial charge in [-0.15, -0.1) is 0 Å². The standard InChI is InChI=1S/C10H15N5O2/c1-7-4-12-10(13-5-7)15-2-3-17-8(6-15)9(11)14-16/h4-5,8,16H,2-3,6H2,1H3,(H2,11,14). The third-order valence-electron chi connectivity index (χ3n) is 2.56. The van der Waals surface area contributed by atoms with Crippen LogP contribution in [0.5, 0.6) is 0 Å². The van der Waals surface area contributed by atoms with Crippen LogP contribution in [-0.2, 0) is 4.74 Å². The van der Waals surface area contributed by atoms with Crippen molar-refractivity contribution in [3.05, 3.63) is 18.0 Å². The van der Waals surface area contributed by atoms with E-state index in [1.165, 1.54) is 0 Å². The number of hydrogen-bond acceptors (Lipinski definition) is 6. The molecule has 1 unspecified atom stereocenters. The van der Waals surface area contributed by atoms with Crippen molar-refractivity contribution in [2.24, 2.45) is 10.9 Å². The Labute approximate surface area is 98.9 Å². The summed E-state index contributed by atoms with van der Waals surface area (Å²) >= 11 is 0. The van der Waals surface area contributed by atoms with Crippen LogP contribution in [0.3, 0.4) is 0 Å². The molecule has 1 aliphatic heterocycles. The quantitative estimate of drug-likeness (QED) is 0.318. The second-order valence-electron chi connectivity index (χ2n) is 3.89. The summed E-state index contributed by atoms with van der Waals surface area (Å²) in [6.45, 7) is 3.61. The molecular formula is C10H15N5O2. The SMILES string of the molecule is Cc1cnc(N2CCOC(C(N)=NO)C2)nc1. The maximum Gasteiger partial charge on any atom is 0.225 e. The van der Waals surface area contributed by atoms with Crippen molar-refractivity contribution in [2.75, 3.05) is 24.6 Å². The number of anilines is 1. The first-order chi connectivity index (χ1) is 8.20. The summed E-state index contributed by atoms with van der Waals surface area (Å²) in [6, 6.07) is 0. The molecule has 1 aromatic heterocycles. The molecule has 2 heterocycles. The van der Waals surface area contributed by atoms with Crippen molar-refractivity contribution in [3.8, 4) is 0 Å². The number of morpholine rings is 1. The Morgan fingerprint density at radius 2 is 2.29 bits per heavy atom. The van der Waals surface area contributed by atoms with E-state index in [-0.39, 0.29) is 5.84 Å². The van der Waals surface area contributed by atoms with Gasteiger partial charge in [-0.25, -0.2) is 9.97 Å². The summed E-state index contributed by atoms with van der Waals surface area (Å²) in [6.07, 6.45) is 3.10. The Balaban J connectivity index is 2.09. The zero-order valence-corrected chi connectivity index (χ0v) is 9.58. The fourth-order valence-corrected chi connectivity index (χ4v) is 1.62. The molecule has 17 heavy (non-hydrogen) atoms. The van der Waals surface area contributed by atoms with Crippen molar-refractivity contribution in [1.29, 1.82) is 0 Å². The second kappa shape index (κ2) is 4.96. The van der Waals surface area contributed by atoms with Gasteiger partial charge in [-0.3, -0.25) is 0 Å². The monoisotopic (exact) mass is 237 g/mol. The fraction of sp³-hybridized carbons (Fsp3) is 0.500. The Morgan fingerprint density at radius 1 is 1.59 bits per heavy atom. The van der Waals surface area contributed by atoms with Crippen LogP contribution >= 0.6 is 0 Å². The molecular weight excluding hydrogens is 222 g/mol. The van der Waals surface area contributed by atoms with E-state index in [0.717, 1.165) is 5.56 Å². The molecule has 0 amide bonds. The van der Waals surface area contributed by atoms with Gasteiger partial charge in [0.15, 0.2) is 5.84 Å². The zero-order valence-electron chi connectivity index (χ0n) is 9.58. The van der Waals surface area contributed by atoms with E-state index in [4.69, 9.17) is 15.7 Å². The minimum Gasteiger partial charge on any atom is -0.409 e. The maximum absolute atomic E-state index is 8.61. The van der Waals surface area contributed by atoms with Gasteiger partial charge in [0.2, 0.25) is 5.95 Å². The minimum atomic E-state index is -0.418. The topological polar surface area (TPSA) is 96.9 Å². The first-order valence-electron chi connectivity index (χ1n) is 5.33. The largest absolute Gasteiger partial charge is 0.409 e. The highest BCUT2D eigenvalue weighted by Crippen LogP contribution is 2.12. The van der Waals surface area contributed by atoms with Crippen LogP contribution in [0.4, 0.5) is 5.95 Å². The summed E-state index contributed by atoms with van der Waals surface area (Å²) in [7, 11) is 0. The Kier molecular flexibility index (Phi) is 3.38. The van der Waals surface area contributed by atoms with Crippen LogP contribution in [0.2, 0.25) is 0 Å². The third-order valence-corrected chi connectivity index (χ3v) is 2.56. The summed E-state index contributed by atoms with van der Waals surface area (Å²) < 4.78 is 5.39. The van der Waals surface area contributed by atoms with Gasteiger partial charge < -0.3 is 20.6 Å². The molecule has 1 saturated heterocycles. The van der Waals surface area contributed by atoms with E-state index in [2.05, 4.69) is 15.1 Å². The average Bonchev–Trinajstić information content (AvgIpc) is 2.39. The Hall–Kier alpha value is -1.89. The van der Waals surface area contributed by atoms with Gasteiger partial charge in [0, 0.05) is 18.9 Å². The van der Waals surface area contributed by atoms with Gasteiger partial charge in [-0.1, -0.05) is 5.16 Å². The summed E-state index contributed by atoms with van der Waals surface area (Å²) in [5.74, 6) is 0.705. The highest BCUT2D eigenvalue weighted by molar-refractivity contribution is 5.85. The highest BCUT2D eigenvalue weighted by Gasteiger charge is 2.25. The number of nitrogens with zero attached hydrogens (tertiary/aromatic N) is 4. The summed E-state index contributed by atoms with van der Waals surface area (Å²) in [5.41, 5.74) is 6.53. The summed E-state index contributed by atoms with van der Waals surface area (Å²) in [5, 5.41) is 11.6. The van der Waals surface area contributed by atoms with Crippen molar-refractivity contribution >= 4 is 11.8 Å². The smallest absolute Gasteiger partial charge is 0.225 e. The predicted octanol–water partition coefficient (Wildman–Crippen LogP) is -0.263. The number of rotatable bonds is 2. The molecule has 92 valence electrons. The normalized spacial score (nSPS) is 21.6. The molecule has 0 aliphatic carbocycles. The van der Waals surface area contributed by atoms with Crippen molar-refractivity contribution in [1.82, 2.24) is 9.97 Å². The number of aromatic nitrogens is 2. The molecule has 0 aromatic carbocycles. The van der Waals surface area contributed by atoms with Crippen molar-refractivity contribution in [3.63, 3.8) is 0 Å². The van der Waals surface area contributed by atoms with E-state index < -0.39 is 6.10 Å².